The lowest BCUT2D eigenvalue weighted by Gasteiger charge is -2.19. The topological polar surface area (TPSA) is 23.8 Å². The quantitative estimate of drug-likeness (QED) is 0.530. The number of nitrogens with zero attached hydrogens (tertiary/aromatic N) is 1. The molecule has 3 heteroatoms. The Morgan fingerprint density at radius 1 is 1.64 bits per heavy atom. The number of halogens is 2. The number of hydrogen-bond acceptors (Lipinski definition) is 1. The van der Waals surface area contributed by atoms with Crippen LogP contribution in [0.5, 0.6) is 0 Å². The van der Waals surface area contributed by atoms with E-state index in [-0.39, 0.29) is 24.3 Å². The van der Waals surface area contributed by atoms with Gasteiger partial charge in [-0.25, -0.2) is 8.78 Å². The van der Waals surface area contributed by atoms with Crippen molar-refractivity contribution in [2.24, 2.45) is 5.92 Å². The molecule has 0 saturated carbocycles. The third-order valence-electron chi connectivity index (χ3n) is 1.86. The summed E-state index contributed by atoms with van der Waals surface area (Å²) in [5.74, 6) is -0.555. The zero-order valence-corrected chi connectivity index (χ0v) is 6.27. The zero-order valence-electron chi connectivity index (χ0n) is 6.27. The molecule has 0 heterocycles. The molecule has 0 aromatic rings. The monoisotopic (exact) mass is 157 g/mol. The van der Waals surface area contributed by atoms with E-state index in [4.69, 9.17) is 5.26 Å². The van der Waals surface area contributed by atoms with Gasteiger partial charge in [-0.15, -0.1) is 0 Å². The second-order valence-corrected chi connectivity index (χ2v) is 2.94. The summed E-state index contributed by atoms with van der Waals surface area (Å²) in [6, 6.07) is 1.55. The van der Waals surface area contributed by atoms with E-state index in [1.165, 1.54) is 0 Å². The van der Waals surface area contributed by atoms with Gasteiger partial charge in [0.25, 0.3) is 0 Å². The minimum absolute atomic E-state index is 0.0158. The van der Waals surface area contributed by atoms with Gasteiger partial charge in [0.15, 0.2) is 0 Å². The van der Waals surface area contributed by atoms with Crippen LogP contribution in [0.3, 0.4) is 0 Å². The molecule has 0 saturated heterocycles. The van der Waals surface area contributed by atoms with Crippen molar-refractivity contribution in [3.05, 3.63) is 11.4 Å². The van der Waals surface area contributed by atoms with Crippen molar-refractivity contribution in [2.75, 3.05) is 0 Å². The lowest BCUT2D eigenvalue weighted by atomic mass is 9.89. The predicted octanol–water partition coefficient (Wildman–Crippen LogP) is 2.50. The maximum Gasteiger partial charge on any atom is 0.138 e. The average Bonchev–Trinajstić information content (AvgIpc) is 1.85. The van der Waals surface area contributed by atoms with Crippen molar-refractivity contribution in [3.8, 4) is 6.07 Å². The van der Waals surface area contributed by atoms with E-state index in [1.54, 1.807) is 13.0 Å². The van der Waals surface area contributed by atoms with E-state index in [9.17, 15) is 8.78 Å². The van der Waals surface area contributed by atoms with E-state index in [1.807, 2.05) is 0 Å². The first-order valence-corrected chi connectivity index (χ1v) is 3.58. The van der Waals surface area contributed by atoms with Crippen molar-refractivity contribution >= 4 is 0 Å². The van der Waals surface area contributed by atoms with Gasteiger partial charge in [-0.3, -0.25) is 0 Å². The Bertz CT molecular complexity index is 227. The smallest absolute Gasteiger partial charge is 0.138 e. The number of allylic oxidation sites excluding steroid dienone is 2. The van der Waals surface area contributed by atoms with Gasteiger partial charge in [0.05, 0.1) is 5.57 Å². The fraction of sp³-hybridized carbons (Fsp3) is 0.625. The molecule has 0 aliphatic heterocycles. The van der Waals surface area contributed by atoms with Crippen molar-refractivity contribution in [3.63, 3.8) is 0 Å². The summed E-state index contributed by atoms with van der Waals surface area (Å²) in [7, 11) is 0. The van der Waals surface area contributed by atoms with Crippen LogP contribution in [0.2, 0.25) is 0 Å². The lowest BCUT2D eigenvalue weighted by Crippen LogP contribution is -2.16. The van der Waals surface area contributed by atoms with Crippen LogP contribution in [0.4, 0.5) is 8.78 Å². The molecule has 11 heavy (non-hydrogen) atoms. The van der Waals surface area contributed by atoms with Gasteiger partial charge in [-0.1, -0.05) is 6.92 Å². The summed E-state index contributed by atoms with van der Waals surface area (Å²) in [5, 5.41) is 8.33. The Morgan fingerprint density at radius 3 is 2.73 bits per heavy atom. The fourth-order valence-corrected chi connectivity index (χ4v) is 1.27. The number of nitriles is 1. The molecule has 0 bridgehead atoms. The van der Waals surface area contributed by atoms with E-state index in [0.717, 1.165) is 0 Å². The Hall–Kier alpha value is -0.910. The maximum atomic E-state index is 12.8. The molecule has 0 fully saturated rings. The Kier molecular flexibility index (Phi) is 2.23. The van der Waals surface area contributed by atoms with Crippen LogP contribution in [0.15, 0.2) is 11.4 Å². The van der Waals surface area contributed by atoms with E-state index in [2.05, 4.69) is 0 Å². The third-order valence-corrected chi connectivity index (χ3v) is 1.86. The molecule has 0 aromatic carbocycles. The highest BCUT2D eigenvalue weighted by Crippen LogP contribution is 2.31. The van der Waals surface area contributed by atoms with Crippen LogP contribution < -0.4 is 0 Å². The molecule has 1 aliphatic rings. The maximum absolute atomic E-state index is 12.8. The summed E-state index contributed by atoms with van der Waals surface area (Å²) < 4.78 is 25.6. The summed E-state index contributed by atoms with van der Waals surface area (Å²) in [4.78, 5) is 0. The molecule has 1 nitrogen and oxygen atoms in total. The molecule has 2 atom stereocenters. The van der Waals surface area contributed by atoms with Gasteiger partial charge in [0.1, 0.15) is 18.1 Å². The zero-order chi connectivity index (χ0) is 8.43. The largest absolute Gasteiger partial charge is 0.241 e. The van der Waals surface area contributed by atoms with E-state index >= 15 is 0 Å². The molecule has 1 aliphatic carbocycles. The summed E-state index contributed by atoms with van der Waals surface area (Å²) >= 11 is 0. The lowest BCUT2D eigenvalue weighted by molar-refractivity contribution is 0.279. The summed E-state index contributed by atoms with van der Waals surface area (Å²) in [6.45, 7) is 1.78. The van der Waals surface area contributed by atoms with Gasteiger partial charge < -0.3 is 0 Å². The van der Waals surface area contributed by atoms with Gasteiger partial charge in [-0.2, -0.15) is 5.26 Å². The van der Waals surface area contributed by atoms with Crippen molar-refractivity contribution in [1.29, 1.82) is 5.26 Å². The highest BCUT2D eigenvalue weighted by Gasteiger charge is 2.27. The molecule has 60 valence electrons. The van der Waals surface area contributed by atoms with Crippen molar-refractivity contribution in [1.82, 2.24) is 0 Å². The van der Waals surface area contributed by atoms with Crippen LogP contribution in [-0.2, 0) is 0 Å². The van der Waals surface area contributed by atoms with Crippen LogP contribution in [-0.4, -0.2) is 6.17 Å². The second-order valence-electron chi connectivity index (χ2n) is 2.94. The SMILES string of the molecule is CC1CC(F)=C(C#N)[C@@H](F)C1. The van der Waals surface area contributed by atoms with Gasteiger partial charge in [0.2, 0.25) is 0 Å². The van der Waals surface area contributed by atoms with Crippen LogP contribution >= 0.6 is 0 Å². The van der Waals surface area contributed by atoms with Crippen LogP contribution in [0, 0.1) is 17.2 Å². The third kappa shape index (κ3) is 1.56. The molecule has 0 aromatic heterocycles. The van der Waals surface area contributed by atoms with Gasteiger partial charge in [-0.05, 0) is 12.3 Å². The fourth-order valence-electron chi connectivity index (χ4n) is 1.27. The van der Waals surface area contributed by atoms with E-state index < -0.39 is 12.0 Å². The molecule has 0 amide bonds. The minimum Gasteiger partial charge on any atom is -0.241 e. The molecule has 0 spiro atoms. The van der Waals surface area contributed by atoms with Crippen molar-refractivity contribution in [2.45, 2.75) is 25.9 Å². The molecule has 1 unspecified atom stereocenters. The summed E-state index contributed by atoms with van der Waals surface area (Å²) in [6.07, 6.45) is -0.900. The van der Waals surface area contributed by atoms with E-state index in [0.29, 0.717) is 0 Å². The molecule has 1 rings (SSSR count). The highest BCUT2D eigenvalue weighted by atomic mass is 19.1. The highest BCUT2D eigenvalue weighted by molar-refractivity contribution is 5.30. The van der Waals surface area contributed by atoms with Crippen molar-refractivity contribution < 1.29 is 8.78 Å². The number of hydrogen-bond donors (Lipinski definition) is 0. The van der Waals surface area contributed by atoms with Gasteiger partial charge in [0, 0.05) is 6.42 Å². The average molecular weight is 157 g/mol. The Balaban J connectivity index is 2.88. The molecular weight excluding hydrogens is 148 g/mol. The second kappa shape index (κ2) is 3.00. The Morgan fingerprint density at radius 2 is 2.27 bits per heavy atom. The summed E-state index contributed by atoms with van der Waals surface area (Å²) in [5.41, 5.74) is -0.303. The number of rotatable bonds is 0. The predicted molar refractivity (Wildman–Crippen MR) is 37.0 cm³/mol. The standard InChI is InChI=1S/C8H9F2N/c1-5-2-7(9)6(4-11)8(10)3-5/h5,7H,2-3H2,1H3/t5?,7-/m0/s1. The Labute approximate surface area is 64.3 Å². The first-order chi connectivity index (χ1) is 5.15. The molecular formula is C8H9F2N. The van der Waals surface area contributed by atoms with Gasteiger partial charge >= 0.3 is 0 Å². The number of alkyl halides is 1. The van der Waals surface area contributed by atoms with Crippen LogP contribution in [0.1, 0.15) is 19.8 Å². The first-order valence-electron chi connectivity index (χ1n) is 3.58. The molecule has 0 radical (unpaired) electrons. The minimum atomic E-state index is -1.39. The normalized spacial score (nSPS) is 31.8. The first kappa shape index (κ1) is 8.19. The van der Waals surface area contributed by atoms with Crippen LogP contribution in [0.25, 0.3) is 0 Å². The molecule has 0 N–H and O–H groups in total.